The molecule has 2 atom stereocenters. The summed E-state index contributed by atoms with van der Waals surface area (Å²) in [6, 6.07) is 22.6. The number of ether oxygens (including phenoxy) is 1. The van der Waals surface area contributed by atoms with Crippen molar-refractivity contribution in [3.63, 3.8) is 0 Å². The zero-order valence-electron chi connectivity index (χ0n) is 22.7. The Morgan fingerprint density at radius 2 is 1.88 bits per heavy atom. The van der Waals surface area contributed by atoms with Crippen molar-refractivity contribution >= 4 is 28.7 Å². The zero-order chi connectivity index (χ0) is 28.2. The largest absolute Gasteiger partial charge is 0.495 e. The SMILES string of the molecule is COc1ccc([N+](=O)[O-])cc1-n1c(C)cc([C@@H]2[C@H](c3ccccn3)NC(=S)N2CCCNc2ccccc2)c1C. The highest BCUT2D eigenvalue weighted by Gasteiger charge is 2.41. The molecule has 1 aliphatic rings. The molecule has 0 aliphatic carbocycles. The van der Waals surface area contributed by atoms with Crippen LogP contribution in [0.15, 0.2) is 79.0 Å². The molecule has 2 aromatic carbocycles. The standard InChI is InChI=1S/C30H32N6O3S/c1-20-18-24(21(2)35(20)26-19-23(36(37)38)13-14-27(26)39-3)29-28(25-12-7-8-15-32-25)33-30(40)34(29)17-9-16-31-22-10-5-4-6-11-22/h4-8,10-15,18-19,28-29,31H,9,16-17H2,1-3H3,(H,33,40)/t28-,29+/m0/s1. The second-order valence-electron chi connectivity index (χ2n) is 9.74. The van der Waals surface area contributed by atoms with E-state index in [9.17, 15) is 10.1 Å². The van der Waals surface area contributed by atoms with Gasteiger partial charge in [0, 0.05) is 48.5 Å². The number of nitrogens with one attached hydrogen (secondary N) is 2. The van der Waals surface area contributed by atoms with Gasteiger partial charge in [-0.15, -0.1) is 0 Å². The Bertz CT molecular complexity index is 1510. The molecular weight excluding hydrogens is 524 g/mol. The maximum Gasteiger partial charge on any atom is 0.271 e. The Kier molecular flexibility index (Phi) is 7.97. The first kappa shape index (κ1) is 27.1. The fourth-order valence-corrected chi connectivity index (χ4v) is 5.78. The molecule has 40 heavy (non-hydrogen) atoms. The third-order valence-corrected chi connectivity index (χ3v) is 7.63. The molecule has 5 rings (SSSR count). The predicted molar refractivity (Wildman–Crippen MR) is 160 cm³/mol. The summed E-state index contributed by atoms with van der Waals surface area (Å²) in [4.78, 5) is 18.1. The highest BCUT2D eigenvalue weighted by atomic mass is 32.1. The number of benzene rings is 2. The molecule has 9 nitrogen and oxygen atoms in total. The third kappa shape index (κ3) is 5.35. The minimum atomic E-state index is -0.389. The van der Waals surface area contributed by atoms with Crippen molar-refractivity contribution in [2.75, 3.05) is 25.5 Å². The second-order valence-corrected chi connectivity index (χ2v) is 10.1. The van der Waals surface area contributed by atoms with Gasteiger partial charge in [-0.3, -0.25) is 15.1 Å². The van der Waals surface area contributed by atoms with Crippen LogP contribution in [0.1, 0.15) is 41.1 Å². The molecule has 0 spiro atoms. The van der Waals surface area contributed by atoms with Crippen molar-refractivity contribution < 1.29 is 9.66 Å². The number of nitro benzene ring substituents is 1. The molecule has 10 heteroatoms. The van der Waals surface area contributed by atoms with Crippen LogP contribution in [0, 0.1) is 24.0 Å². The first-order chi connectivity index (χ1) is 19.4. The van der Waals surface area contributed by atoms with Crippen LogP contribution in [-0.4, -0.2) is 44.7 Å². The van der Waals surface area contributed by atoms with Crippen molar-refractivity contribution in [3.05, 3.63) is 112 Å². The lowest BCUT2D eigenvalue weighted by Crippen LogP contribution is -2.31. The predicted octanol–water partition coefficient (Wildman–Crippen LogP) is 5.88. The van der Waals surface area contributed by atoms with Gasteiger partial charge in [-0.2, -0.15) is 0 Å². The molecule has 2 aromatic heterocycles. The normalized spacial score (nSPS) is 16.6. The lowest BCUT2D eigenvalue weighted by molar-refractivity contribution is -0.384. The average Bonchev–Trinajstić information content (AvgIpc) is 3.45. The molecule has 0 saturated carbocycles. The van der Waals surface area contributed by atoms with Gasteiger partial charge in [0.25, 0.3) is 5.69 Å². The number of nitro groups is 1. The van der Waals surface area contributed by atoms with E-state index in [-0.39, 0.29) is 22.7 Å². The number of pyridine rings is 1. The van der Waals surface area contributed by atoms with Crippen LogP contribution >= 0.6 is 12.2 Å². The summed E-state index contributed by atoms with van der Waals surface area (Å²) in [5.41, 5.74) is 5.59. The summed E-state index contributed by atoms with van der Waals surface area (Å²) in [6.07, 6.45) is 2.67. The van der Waals surface area contributed by atoms with Gasteiger partial charge in [-0.1, -0.05) is 24.3 Å². The van der Waals surface area contributed by atoms with Gasteiger partial charge in [-0.25, -0.2) is 0 Å². The fraction of sp³-hybridized carbons (Fsp3) is 0.267. The monoisotopic (exact) mass is 556 g/mol. The summed E-state index contributed by atoms with van der Waals surface area (Å²) in [6.45, 7) is 5.57. The van der Waals surface area contributed by atoms with E-state index >= 15 is 0 Å². The van der Waals surface area contributed by atoms with Crippen LogP contribution in [0.25, 0.3) is 5.69 Å². The highest BCUT2D eigenvalue weighted by Crippen LogP contribution is 2.42. The van der Waals surface area contributed by atoms with E-state index < -0.39 is 0 Å². The lowest BCUT2D eigenvalue weighted by Gasteiger charge is -2.28. The highest BCUT2D eigenvalue weighted by molar-refractivity contribution is 7.80. The number of aryl methyl sites for hydroxylation is 1. The minimum Gasteiger partial charge on any atom is -0.495 e. The molecule has 3 heterocycles. The molecule has 0 unspecified atom stereocenters. The number of non-ortho nitro benzene ring substituents is 1. The van der Waals surface area contributed by atoms with E-state index in [1.807, 2.05) is 54.8 Å². The molecule has 1 aliphatic heterocycles. The molecule has 4 aromatic rings. The van der Waals surface area contributed by atoms with Crippen LogP contribution in [0.2, 0.25) is 0 Å². The van der Waals surface area contributed by atoms with Crippen molar-refractivity contribution in [2.45, 2.75) is 32.4 Å². The smallest absolute Gasteiger partial charge is 0.271 e. The Hall–Kier alpha value is -4.44. The molecule has 2 N–H and O–H groups in total. The van der Waals surface area contributed by atoms with E-state index in [0.717, 1.165) is 47.8 Å². The van der Waals surface area contributed by atoms with Crippen molar-refractivity contribution in [1.29, 1.82) is 0 Å². The summed E-state index contributed by atoms with van der Waals surface area (Å²) in [5.74, 6) is 0.559. The second kappa shape index (κ2) is 11.7. The molecule has 1 fully saturated rings. The number of rotatable bonds is 10. The number of methoxy groups -OCH3 is 1. The number of anilines is 1. The Labute approximate surface area is 239 Å². The molecule has 0 bridgehead atoms. The van der Waals surface area contributed by atoms with Gasteiger partial charge >= 0.3 is 0 Å². The van der Waals surface area contributed by atoms with Gasteiger partial charge in [0.15, 0.2) is 5.11 Å². The number of para-hydroxylation sites is 1. The number of aromatic nitrogens is 2. The summed E-state index contributed by atoms with van der Waals surface area (Å²) in [7, 11) is 1.57. The van der Waals surface area contributed by atoms with Gasteiger partial charge in [0.1, 0.15) is 5.75 Å². The number of hydrogen-bond acceptors (Lipinski definition) is 6. The molecular formula is C30H32N6O3S. The average molecular weight is 557 g/mol. The molecule has 0 radical (unpaired) electrons. The van der Waals surface area contributed by atoms with Gasteiger partial charge < -0.3 is 24.8 Å². The first-order valence-corrected chi connectivity index (χ1v) is 13.6. The third-order valence-electron chi connectivity index (χ3n) is 7.28. The van der Waals surface area contributed by atoms with Gasteiger partial charge in [-0.05, 0) is 74.4 Å². The zero-order valence-corrected chi connectivity index (χ0v) is 23.5. The van der Waals surface area contributed by atoms with E-state index in [1.165, 1.54) is 6.07 Å². The van der Waals surface area contributed by atoms with Crippen LogP contribution in [0.5, 0.6) is 5.75 Å². The Morgan fingerprint density at radius 3 is 2.58 bits per heavy atom. The first-order valence-electron chi connectivity index (χ1n) is 13.2. The van der Waals surface area contributed by atoms with Crippen molar-refractivity contribution in [2.24, 2.45) is 0 Å². The Morgan fingerprint density at radius 1 is 1.10 bits per heavy atom. The maximum atomic E-state index is 11.6. The van der Waals surface area contributed by atoms with Crippen LogP contribution in [-0.2, 0) is 0 Å². The van der Waals surface area contributed by atoms with Crippen molar-refractivity contribution in [1.82, 2.24) is 19.8 Å². The molecule has 1 saturated heterocycles. The van der Waals surface area contributed by atoms with Crippen LogP contribution in [0.3, 0.4) is 0 Å². The van der Waals surface area contributed by atoms with Crippen molar-refractivity contribution in [3.8, 4) is 11.4 Å². The topological polar surface area (TPSA) is 97.5 Å². The van der Waals surface area contributed by atoms with E-state index in [2.05, 4.69) is 38.7 Å². The summed E-state index contributed by atoms with van der Waals surface area (Å²) in [5, 5.41) is 19.3. The van der Waals surface area contributed by atoms with E-state index in [1.54, 1.807) is 25.4 Å². The quantitative estimate of drug-likeness (QED) is 0.108. The number of nitrogens with zero attached hydrogens (tertiary/aromatic N) is 4. The summed E-state index contributed by atoms with van der Waals surface area (Å²) >= 11 is 5.86. The summed E-state index contributed by atoms with van der Waals surface area (Å²) < 4.78 is 7.63. The van der Waals surface area contributed by atoms with Crippen LogP contribution < -0.4 is 15.4 Å². The Balaban J connectivity index is 1.51. The fourth-order valence-electron chi connectivity index (χ4n) is 5.45. The van der Waals surface area contributed by atoms with Crippen LogP contribution in [0.4, 0.5) is 11.4 Å². The number of thiocarbonyl (C=S) groups is 1. The van der Waals surface area contributed by atoms with Gasteiger partial charge in [0.2, 0.25) is 0 Å². The maximum absolute atomic E-state index is 11.6. The number of hydrogen-bond donors (Lipinski definition) is 2. The minimum absolute atomic E-state index is 0.00691. The lowest BCUT2D eigenvalue weighted by atomic mass is 9.96. The molecule has 206 valence electrons. The van der Waals surface area contributed by atoms with Gasteiger partial charge in [0.05, 0.1) is 35.5 Å². The van der Waals surface area contributed by atoms with E-state index in [4.69, 9.17) is 17.0 Å². The van der Waals surface area contributed by atoms with E-state index in [0.29, 0.717) is 16.5 Å². The molecule has 0 amide bonds.